The molecular formula is C22H22Cl2N4O6S. The Kier molecular flexibility index (Phi) is 7.63. The number of nitrogens with zero attached hydrogens (tertiary/aromatic N) is 1. The fraction of sp³-hybridized carbons (Fsp3) is 0.227. The maximum absolute atomic E-state index is 12.8. The summed E-state index contributed by atoms with van der Waals surface area (Å²) in [6.07, 6.45) is 0. The first-order chi connectivity index (χ1) is 16.3. The molecule has 13 heteroatoms. The SMILES string of the molecule is CC(NC(=O)NS(=O)(=O)c1ccc(NC(=O)c2cc3c(Cl)c(Cl)ccc3n2C)cc1)C(C)C(=O)O. The predicted octanol–water partition coefficient (Wildman–Crippen LogP) is 3.83. The molecule has 2 unspecified atom stereocenters. The summed E-state index contributed by atoms with van der Waals surface area (Å²) >= 11 is 12.3. The molecule has 1 heterocycles. The van der Waals surface area contributed by atoms with E-state index in [-0.39, 0.29) is 4.90 Å². The van der Waals surface area contributed by atoms with Crippen molar-refractivity contribution in [3.05, 3.63) is 58.2 Å². The van der Waals surface area contributed by atoms with Gasteiger partial charge >= 0.3 is 12.0 Å². The molecule has 3 aromatic rings. The van der Waals surface area contributed by atoms with Crippen LogP contribution in [0.3, 0.4) is 0 Å². The number of aryl methyl sites for hydroxylation is 1. The normalized spacial score (nSPS) is 13.2. The van der Waals surface area contributed by atoms with Gasteiger partial charge < -0.3 is 20.3 Å². The van der Waals surface area contributed by atoms with Crippen LogP contribution in [0, 0.1) is 5.92 Å². The second-order valence-electron chi connectivity index (χ2n) is 7.86. The number of carboxylic acids is 1. The van der Waals surface area contributed by atoms with Gasteiger partial charge in [-0.1, -0.05) is 23.2 Å². The Morgan fingerprint density at radius 2 is 1.66 bits per heavy atom. The largest absolute Gasteiger partial charge is 0.481 e. The van der Waals surface area contributed by atoms with Gasteiger partial charge in [0.15, 0.2) is 0 Å². The second kappa shape index (κ2) is 10.1. The Hall–Kier alpha value is -3.28. The van der Waals surface area contributed by atoms with Crippen molar-refractivity contribution < 1.29 is 27.9 Å². The third-order valence-corrected chi connectivity index (χ3v) is 7.66. The first-order valence-corrected chi connectivity index (χ1v) is 12.5. The number of hydrogen-bond donors (Lipinski definition) is 4. The van der Waals surface area contributed by atoms with Crippen LogP contribution in [0.5, 0.6) is 0 Å². The molecule has 3 amide bonds. The van der Waals surface area contributed by atoms with Crippen LogP contribution in [0.1, 0.15) is 24.3 Å². The number of hydrogen-bond acceptors (Lipinski definition) is 5. The van der Waals surface area contributed by atoms with Gasteiger partial charge in [0.2, 0.25) is 0 Å². The molecule has 2 aromatic carbocycles. The van der Waals surface area contributed by atoms with Crippen molar-refractivity contribution in [2.75, 3.05) is 5.32 Å². The first-order valence-electron chi connectivity index (χ1n) is 10.2. The zero-order valence-electron chi connectivity index (χ0n) is 18.8. The van der Waals surface area contributed by atoms with E-state index < -0.39 is 39.9 Å². The van der Waals surface area contributed by atoms with Gasteiger partial charge in [-0.3, -0.25) is 9.59 Å². The number of benzene rings is 2. The van der Waals surface area contributed by atoms with E-state index in [1.165, 1.54) is 38.1 Å². The fourth-order valence-corrected chi connectivity index (χ4v) is 4.53. The maximum atomic E-state index is 12.8. The van der Waals surface area contributed by atoms with E-state index >= 15 is 0 Å². The molecule has 1 aromatic heterocycles. The quantitative estimate of drug-likeness (QED) is 0.358. The summed E-state index contributed by atoms with van der Waals surface area (Å²) in [6, 6.07) is 8.28. The molecule has 0 saturated carbocycles. The number of carbonyl (C=O) groups excluding carboxylic acids is 2. The fourth-order valence-electron chi connectivity index (χ4n) is 3.24. The Morgan fingerprint density at radius 1 is 1.03 bits per heavy atom. The highest BCUT2D eigenvalue weighted by atomic mass is 35.5. The average Bonchev–Trinajstić information content (AvgIpc) is 3.12. The van der Waals surface area contributed by atoms with Crippen LogP contribution in [0.4, 0.5) is 10.5 Å². The number of anilines is 1. The lowest BCUT2D eigenvalue weighted by Crippen LogP contribution is -2.46. The predicted molar refractivity (Wildman–Crippen MR) is 132 cm³/mol. The average molecular weight is 541 g/mol. The summed E-state index contributed by atoms with van der Waals surface area (Å²) in [7, 11) is -2.53. The molecule has 186 valence electrons. The standard InChI is InChI=1S/C22H22Cl2N4O6S/c1-11(21(30)31)12(2)25-22(32)27-35(33,34)14-6-4-13(5-7-14)26-20(29)18-10-15-17(28(18)3)9-8-16(23)19(15)24/h4-12H,1-3H3,(H,26,29)(H,30,31)(H2,25,27,32). The topological polar surface area (TPSA) is 147 Å². The molecule has 0 radical (unpaired) electrons. The summed E-state index contributed by atoms with van der Waals surface area (Å²) in [6.45, 7) is 2.83. The van der Waals surface area contributed by atoms with Gasteiger partial charge in [0, 0.05) is 29.7 Å². The van der Waals surface area contributed by atoms with Crippen LogP contribution in [0.25, 0.3) is 10.9 Å². The van der Waals surface area contributed by atoms with Crippen LogP contribution >= 0.6 is 23.2 Å². The smallest absolute Gasteiger partial charge is 0.328 e. The van der Waals surface area contributed by atoms with E-state index in [4.69, 9.17) is 28.3 Å². The van der Waals surface area contributed by atoms with E-state index in [0.717, 1.165) is 0 Å². The number of nitrogens with one attached hydrogen (secondary N) is 3. The number of amides is 3. The minimum atomic E-state index is -4.23. The van der Waals surface area contributed by atoms with Gasteiger partial charge in [-0.05, 0) is 56.3 Å². The number of carbonyl (C=O) groups is 3. The van der Waals surface area contributed by atoms with Gasteiger partial charge in [-0.2, -0.15) is 0 Å². The van der Waals surface area contributed by atoms with Crippen LogP contribution in [-0.4, -0.2) is 42.0 Å². The molecule has 0 bridgehead atoms. The summed E-state index contributed by atoms with van der Waals surface area (Å²) in [5, 5.41) is 15.2. The molecule has 0 fully saturated rings. The number of urea groups is 1. The number of carboxylic acid groups (broad SMARTS) is 1. The Labute approximate surface area is 211 Å². The summed E-state index contributed by atoms with van der Waals surface area (Å²) in [5.41, 5.74) is 1.34. The van der Waals surface area contributed by atoms with E-state index in [1.54, 1.807) is 29.8 Å². The molecular weight excluding hydrogens is 519 g/mol. The highest BCUT2D eigenvalue weighted by molar-refractivity contribution is 7.90. The summed E-state index contributed by atoms with van der Waals surface area (Å²) < 4.78 is 28.5. The Bertz CT molecular complexity index is 1420. The van der Waals surface area contributed by atoms with Crippen LogP contribution in [0.2, 0.25) is 10.0 Å². The van der Waals surface area contributed by atoms with Crippen molar-refractivity contribution in [3.63, 3.8) is 0 Å². The van der Waals surface area contributed by atoms with Crippen molar-refractivity contribution in [1.29, 1.82) is 0 Å². The summed E-state index contributed by atoms with van der Waals surface area (Å²) in [5.74, 6) is -2.50. The Balaban J connectivity index is 1.71. The minimum Gasteiger partial charge on any atom is -0.481 e. The second-order valence-corrected chi connectivity index (χ2v) is 10.3. The number of halogens is 2. The Morgan fingerprint density at radius 3 is 2.26 bits per heavy atom. The van der Waals surface area contributed by atoms with Crippen molar-refractivity contribution in [1.82, 2.24) is 14.6 Å². The molecule has 10 nitrogen and oxygen atoms in total. The number of fused-ring (bicyclic) bond motifs is 1. The molecule has 0 spiro atoms. The molecule has 2 atom stereocenters. The van der Waals surface area contributed by atoms with Gasteiger partial charge in [-0.25, -0.2) is 17.9 Å². The minimum absolute atomic E-state index is 0.226. The number of rotatable bonds is 7. The van der Waals surface area contributed by atoms with Crippen LogP contribution < -0.4 is 15.4 Å². The highest BCUT2D eigenvalue weighted by Gasteiger charge is 2.24. The molecule has 35 heavy (non-hydrogen) atoms. The lowest BCUT2D eigenvalue weighted by Gasteiger charge is -2.18. The highest BCUT2D eigenvalue weighted by Crippen LogP contribution is 2.32. The lowest BCUT2D eigenvalue weighted by molar-refractivity contribution is -0.141. The molecule has 0 aliphatic rings. The third kappa shape index (κ3) is 5.69. The number of sulfonamides is 1. The van der Waals surface area contributed by atoms with Gasteiger partial charge in [0.05, 0.1) is 20.9 Å². The lowest BCUT2D eigenvalue weighted by atomic mass is 10.1. The van der Waals surface area contributed by atoms with E-state index in [0.29, 0.717) is 32.3 Å². The molecule has 0 saturated heterocycles. The number of aliphatic carboxylic acids is 1. The van der Waals surface area contributed by atoms with Crippen molar-refractivity contribution in [2.24, 2.45) is 13.0 Å². The van der Waals surface area contributed by atoms with Crippen molar-refractivity contribution in [2.45, 2.75) is 24.8 Å². The monoisotopic (exact) mass is 540 g/mol. The zero-order chi connectivity index (χ0) is 26.1. The van der Waals surface area contributed by atoms with E-state index in [9.17, 15) is 22.8 Å². The van der Waals surface area contributed by atoms with Gasteiger partial charge in [0.1, 0.15) is 5.69 Å². The summed E-state index contributed by atoms with van der Waals surface area (Å²) in [4.78, 5) is 35.6. The van der Waals surface area contributed by atoms with E-state index in [1.807, 2.05) is 4.72 Å². The van der Waals surface area contributed by atoms with Crippen LogP contribution in [-0.2, 0) is 21.9 Å². The van der Waals surface area contributed by atoms with Crippen molar-refractivity contribution in [3.8, 4) is 0 Å². The molecule has 0 aliphatic carbocycles. The van der Waals surface area contributed by atoms with Crippen molar-refractivity contribution >= 4 is 67.7 Å². The molecule has 4 N–H and O–H groups in total. The zero-order valence-corrected chi connectivity index (χ0v) is 21.1. The molecule has 3 rings (SSSR count). The van der Waals surface area contributed by atoms with Crippen LogP contribution in [0.15, 0.2) is 47.4 Å². The molecule has 0 aliphatic heterocycles. The van der Waals surface area contributed by atoms with Gasteiger partial charge in [0.25, 0.3) is 15.9 Å². The number of aromatic nitrogens is 1. The first kappa shape index (κ1) is 26.3. The van der Waals surface area contributed by atoms with E-state index in [2.05, 4.69) is 10.6 Å². The maximum Gasteiger partial charge on any atom is 0.328 e. The van der Waals surface area contributed by atoms with Gasteiger partial charge in [-0.15, -0.1) is 0 Å². The third-order valence-electron chi connectivity index (χ3n) is 5.49.